The van der Waals surface area contributed by atoms with E-state index in [1.807, 2.05) is 5.43 Å². The first-order chi connectivity index (χ1) is 9.24. The smallest absolute Gasteiger partial charge is 0.322 e. The Morgan fingerprint density at radius 2 is 1.74 bits per heavy atom. The third-order valence-corrected chi connectivity index (χ3v) is 5.28. The van der Waals surface area contributed by atoms with Crippen LogP contribution >= 0.6 is 0 Å². The number of nitrogens with one attached hydrogen (secondary N) is 1. The first kappa shape index (κ1) is 11.4. The van der Waals surface area contributed by atoms with Crippen molar-refractivity contribution in [3.05, 3.63) is 11.8 Å². The molecule has 4 saturated carbocycles. The van der Waals surface area contributed by atoms with E-state index in [2.05, 4.69) is 10.2 Å². The molecule has 4 fully saturated rings. The average molecular weight is 262 g/mol. The summed E-state index contributed by atoms with van der Waals surface area (Å²) in [5.74, 6) is 8.72. The predicted molar refractivity (Wildman–Crippen MR) is 65.7 cm³/mol. The number of hydrogen-bond acceptors (Lipinski definition) is 5. The van der Waals surface area contributed by atoms with Crippen molar-refractivity contribution in [2.75, 3.05) is 0 Å². The molecule has 3 N–H and O–H groups in total. The highest BCUT2D eigenvalue weighted by atomic mass is 16.4. The first-order valence-corrected chi connectivity index (χ1v) is 7.09. The Bertz CT molecular complexity index is 484. The molecule has 102 valence electrons. The Hall–Kier alpha value is -1.43. The summed E-state index contributed by atoms with van der Waals surface area (Å²) in [7, 11) is 0. The van der Waals surface area contributed by atoms with E-state index in [1.54, 1.807) is 0 Å². The van der Waals surface area contributed by atoms with E-state index in [4.69, 9.17) is 10.3 Å². The Kier molecular flexibility index (Phi) is 2.42. The van der Waals surface area contributed by atoms with Gasteiger partial charge in [-0.1, -0.05) is 0 Å². The zero-order valence-corrected chi connectivity index (χ0v) is 10.7. The molecule has 5 rings (SSSR count). The van der Waals surface area contributed by atoms with Crippen molar-refractivity contribution in [1.29, 1.82) is 0 Å². The van der Waals surface area contributed by atoms with Crippen molar-refractivity contribution in [3.8, 4) is 0 Å². The molecule has 1 amide bonds. The Morgan fingerprint density at radius 1 is 1.11 bits per heavy atom. The molecule has 1 aromatic rings. The zero-order valence-electron chi connectivity index (χ0n) is 10.7. The van der Waals surface area contributed by atoms with Crippen LogP contribution in [0, 0.1) is 23.7 Å². The van der Waals surface area contributed by atoms with E-state index in [-0.39, 0.29) is 5.89 Å². The second-order valence-electron chi connectivity index (χ2n) is 6.38. The quantitative estimate of drug-likeness (QED) is 0.474. The largest absolute Gasteiger partial charge is 0.417 e. The predicted octanol–water partition coefficient (Wildman–Crippen LogP) is 1.21. The number of nitrogens with two attached hydrogens (primary N) is 1. The standard InChI is InChI=1S/C13H18N4O2/c14-15-11(18)13-17-16-12(19-13)10-8-2-6-1-7(4-8)5-9(10)3-6/h6-10H,1-5,14H2,(H,15,18). The number of hydrogen-bond donors (Lipinski definition) is 2. The maximum absolute atomic E-state index is 11.4. The molecule has 6 heteroatoms. The van der Waals surface area contributed by atoms with Crippen LogP contribution in [0.4, 0.5) is 0 Å². The van der Waals surface area contributed by atoms with Crippen LogP contribution in [0.25, 0.3) is 0 Å². The summed E-state index contributed by atoms with van der Waals surface area (Å²) < 4.78 is 5.55. The minimum Gasteiger partial charge on any atom is -0.417 e. The third kappa shape index (κ3) is 1.69. The molecule has 0 aromatic carbocycles. The first-order valence-electron chi connectivity index (χ1n) is 7.09. The van der Waals surface area contributed by atoms with E-state index in [0.717, 1.165) is 11.8 Å². The molecule has 0 saturated heterocycles. The normalized spacial score (nSPS) is 39.5. The van der Waals surface area contributed by atoms with Gasteiger partial charge >= 0.3 is 11.8 Å². The summed E-state index contributed by atoms with van der Waals surface area (Å²) in [5.41, 5.74) is 2.03. The molecule has 0 atom stereocenters. The molecule has 4 bridgehead atoms. The third-order valence-electron chi connectivity index (χ3n) is 5.28. The lowest BCUT2D eigenvalue weighted by atomic mass is 9.52. The Morgan fingerprint density at radius 3 is 2.32 bits per heavy atom. The molecule has 0 radical (unpaired) electrons. The molecule has 0 aliphatic heterocycles. The number of nitrogen functional groups attached to an aromatic ring is 1. The summed E-state index contributed by atoms with van der Waals surface area (Å²) in [6.07, 6.45) is 6.58. The van der Waals surface area contributed by atoms with Gasteiger partial charge in [-0.15, -0.1) is 10.2 Å². The molecule has 4 aliphatic rings. The fraction of sp³-hybridized carbons (Fsp3) is 0.769. The fourth-order valence-corrected chi connectivity index (χ4v) is 4.85. The second kappa shape index (κ2) is 4.03. The molecule has 6 nitrogen and oxygen atoms in total. The SMILES string of the molecule is NNC(=O)c1nnc(C2C3CC4CC(C3)CC2C4)o1. The summed E-state index contributed by atoms with van der Waals surface area (Å²) >= 11 is 0. The van der Waals surface area contributed by atoms with E-state index in [9.17, 15) is 4.79 Å². The maximum atomic E-state index is 11.4. The summed E-state index contributed by atoms with van der Waals surface area (Å²) in [5, 5.41) is 7.91. The van der Waals surface area contributed by atoms with Crippen molar-refractivity contribution < 1.29 is 9.21 Å². The lowest BCUT2D eigenvalue weighted by Crippen LogP contribution is -2.43. The van der Waals surface area contributed by atoms with Gasteiger partial charge in [0, 0.05) is 5.92 Å². The van der Waals surface area contributed by atoms with Crippen LogP contribution in [-0.2, 0) is 0 Å². The molecular weight excluding hydrogens is 244 g/mol. The van der Waals surface area contributed by atoms with E-state index in [1.165, 1.54) is 32.1 Å². The lowest BCUT2D eigenvalue weighted by molar-refractivity contribution is -0.0117. The van der Waals surface area contributed by atoms with Crippen LogP contribution in [-0.4, -0.2) is 16.1 Å². The number of rotatable bonds is 2. The summed E-state index contributed by atoms with van der Waals surface area (Å²) in [6.45, 7) is 0. The summed E-state index contributed by atoms with van der Waals surface area (Å²) in [4.78, 5) is 11.4. The molecule has 19 heavy (non-hydrogen) atoms. The number of hydrazine groups is 1. The average Bonchev–Trinajstić information content (AvgIpc) is 2.86. The minimum atomic E-state index is -0.512. The molecule has 1 heterocycles. The minimum absolute atomic E-state index is 0.0219. The van der Waals surface area contributed by atoms with Crippen molar-refractivity contribution in [2.24, 2.45) is 29.5 Å². The number of carbonyl (C=O) groups excluding carboxylic acids is 1. The van der Waals surface area contributed by atoms with Crippen molar-refractivity contribution in [1.82, 2.24) is 15.6 Å². The number of carbonyl (C=O) groups is 1. The molecule has 0 spiro atoms. The van der Waals surface area contributed by atoms with Crippen LogP contribution < -0.4 is 11.3 Å². The van der Waals surface area contributed by atoms with E-state index < -0.39 is 5.91 Å². The van der Waals surface area contributed by atoms with Gasteiger partial charge in [-0.3, -0.25) is 10.2 Å². The molecule has 0 unspecified atom stereocenters. The van der Waals surface area contributed by atoms with Crippen LogP contribution in [0.1, 0.15) is 54.6 Å². The zero-order chi connectivity index (χ0) is 13.0. The van der Waals surface area contributed by atoms with Gasteiger partial charge in [0.2, 0.25) is 5.89 Å². The van der Waals surface area contributed by atoms with Crippen LogP contribution in [0.2, 0.25) is 0 Å². The van der Waals surface area contributed by atoms with E-state index in [0.29, 0.717) is 23.6 Å². The molecule has 1 aromatic heterocycles. The van der Waals surface area contributed by atoms with Crippen molar-refractivity contribution >= 4 is 5.91 Å². The van der Waals surface area contributed by atoms with Gasteiger partial charge in [0.25, 0.3) is 0 Å². The maximum Gasteiger partial charge on any atom is 0.322 e. The van der Waals surface area contributed by atoms with Gasteiger partial charge < -0.3 is 4.42 Å². The molecular formula is C13H18N4O2. The fourth-order valence-electron chi connectivity index (χ4n) is 4.85. The number of amides is 1. The van der Waals surface area contributed by atoms with Gasteiger partial charge in [0.15, 0.2) is 0 Å². The second-order valence-corrected chi connectivity index (χ2v) is 6.38. The lowest BCUT2D eigenvalue weighted by Gasteiger charge is -2.53. The van der Waals surface area contributed by atoms with Gasteiger partial charge in [-0.25, -0.2) is 5.84 Å². The van der Waals surface area contributed by atoms with Gasteiger partial charge in [-0.05, 0) is 55.8 Å². The van der Waals surface area contributed by atoms with Gasteiger partial charge in [0.1, 0.15) is 0 Å². The Balaban J connectivity index is 1.62. The summed E-state index contributed by atoms with van der Waals surface area (Å²) in [6, 6.07) is 0. The number of aromatic nitrogens is 2. The van der Waals surface area contributed by atoms with E-state index >= 15 is 0 Å². The highest BCUT2D eigenvalue weighted by molar-refractivity contribution is 5.88. The highest BCUT2D eigenvalue weighted by Crippen LogP contribution is 2.59. The van der Waals surface area contributed by atoms with Gasteiger partial charge in [0.05, 0.1) is 0 Å². The monoisotopic (exact) mass is 262 g/mol. The van der Waals surface area contributed by atoms with Crippen LogP contribution in [0.3, 0.4) is 0 Å². The molecule has 4 aliphatic carbocycles. The van der Waals surface area contributed by atoms with Crippen LogP contribution in [0.5, 0.6) is 0 Å². The number of nitrogens with zero attached hydrogens (tertiary/aromatic N) is 2. The Labute approximate surface area is 111 Å². The van der Waals surface area contributed by atoms with Crippen molar-refractivity contribution in [2.45, 2.75) is 38.0 Å². The van der Waals surface area contributed by atoms with Gasteiger partial charge in [-0.2, -0.15) is 0 Å². The highest BCUT2D eigenvalue weighted by Gasteiger charge is 2.50. The van der Waals surface area contributed by atoms with Crippen LogP contribution in [0.15, 0.2) is 4.42 Å². The topological polar surface area (TPSA) is 94.0 Å². The van der Waals surface area contributed by atoms with Crippen molar-refractivity contribution in [3.63, 3.8) is 0 Å².